The fourth-order valence-corrected chi connectivity index (χ4v) is 3.24. The van der Waals surface area contributed by atoms with Crippen molar-refractivity contribution in [1.29, 1.82) is 0 Å². The molecular weight excluding hydrogens is 230 g/mol. The third kappa shape index (κ3) is 4.46. The molecule has 0 unspecified atom stereocenters. The van der Waals surface area contributed by atoms with Gasteiger partial charge in [0.05, 0.1) is 6.10 Å². The van der Waals surface area contributed by atoms with Crippen molar-refractivity contribution in [3.05, 3.63) is 0 Å². The van der Waals surface area contributed by atoms with Crippen molar-refractivity contribution in [3.8, 4) is 0 Å². The molecule has 0 amide bonds. The highest BCUT2D eigenvalue weighted by atomic mass is 32.1. The van der Waals surface area contributed by atoms with Crippen LogP contribution in [0.2, 0.25) is 0 Å². The quantitative estimate of drug-likeness (QED) is 0.705. The summed E-state index contributed by atoms with van der Waals surface area (Å²) < 4.78 is 5.70. The van der Waals surface area contributed by atoms with Gasteiger partial charge in [0.1, 0.15) is 0 Å². The van der Waals surface area contributed by atoms with Gasteiger partial charge in [-0.3, -0.25) is 0 Å². The molecular formula is C14H29NOS. The third-order valence-corrected chi connectivity index (χ3v) is 5.00. The minimum atomic E-state index is 0.418. The zero-order chi connectivity index (χ0) is 12.7. The predicted octanol–water partition coefficient (Wildman–Crippen LogP) is 3.22. The minimum Gasteiger partial charge on any atom is -0.378 e. The topological polar surface area (TPSA) is 12.5 Å². The van der Waals surface area contributed by atoms with Gasteiger partial charge >= 0.3 is 0 Å². The summed E-state index contributed by atoms with van der Waals surface area (Å²) >= 11 is 4.56. The predicted molar refractivity (Wildman–Crippen MR) is 78.0 cm³/mol. The van der Waals surface area contributed by atoms with Gasteiger partial charge in [-0.2, -0.15) is 12.6 Å². The van der Waals surface area contributed by atoms with Crippen LogP contribution in [0.4, 0.5) is 0 Å². The first kappa shape index (κ1) is 15.3. The molecule has 0 aromatic carbocycles. The Labute approximate surface area is 113 Å². The van der Waals surface area contributed by atoms with E-state index in [0.29, 0.717) is 11.5 Å². The summed E-state index contributed by atoms with van der Waals surface area (Å²) in [5.41, 5.74) is 0.418. The normalized spacial score (nSPS) is 19.8. The molecule has 0 saturated carbocycles. The van der Waals surface area contributed by atoms with Crippen LogP contribution in [0.25, 0.3) is 0 Å². The molecule has 2 nitrogen and oxygen atoms in total. The van der Waals surface area contributed by atoms with E-state index in [-0.39, 0.29) is 0 Å². The fourth-order valence-electron chi connectivity index (χ4n) is 2.69. The van der Waals surface area contributed by atoms with E-state index >= 15 is 0 Å². The molecule has 1 saturated heterocycles. The van der Waals surface area contributed by atoms with Gasteiger partial charge in [-0.15, -0.1) is 0 Å². The summed E-state index contributed by atoms with van der Waals surface area (Å²) in [6, 6.07) is 0. The lowest BCUT2D eigenvalue weighted by atomic mass is 9.83. The highest BCUT2D eigenvalue weighted by Gasteiger charge is 2.29. The molecule has 0 radical (unpaired) electrons. The van der Waals surface area contributed by atoms with E-state index in [2.05, 4.69) is 38.3 Å². The summed E-state index contributed by atoms with van der Waals surface area (Å²) in [4.78, 5) is 2.61. The van der Waals surface area contributed by atoms with Crippen LogP contribution in [0.1, 0.15) is 46.5 Å². The average molecular weight is 259 g/mol. The average Bonchev–Trinajstić information content (AvgIpc) is 2.39. The Bertz CT molecular complexity index is 190. The number of likely N-dealkylation sites (tertiary alicyclic amines) is 1. The van der Waals surface area contributed by atoms with Gasteiger partial charge in [-0.05, 0) is 43.8 Å². The van der Waals surface area contributed by atoms with E-state index < -0.39 is 0 Å². The highest BCUT2D eigenvalue weighted by molar-refractivity contribution is 7.80. The Kier molecular flexibility index (Phi) is 6.90. The summed E-state index contributed by atoms with van der Waals surface area (Å²) in [5, 5.41) is 0. The Balaban J connectivity index is 2.38. The maximum atomic E-state index is 5.70. The van der Waals surface area contributed by atoms with E-state index in [1.807, 2.05) is 0 Å². The van der Waals surface area contributed by atoms with Crippen molar-refractivity contribution < 1.29 is 4.74 Å². The van der Waals surface area contributed by atoms with Crippen LogP contribution < -0.4 is 0 Å². The van der Waals surface area contributed by atoms with E-state index in [1.165, 1.54) is 45.3 Å². The zero-order valence-electron chi connectivity index (χ0n) is 11.7. The SMILES string of the molecule is CCOC1CCN(CC(CC)(CC)CS)CC1. The number of piperidine rings is 1. The molecule has 1 heterocycles. The molecule has 1 aliphatic heterocycles. The Morgan fingerprint density at radius 2 is 1.76 bits per heavy atom. The molecule has 17 heavy (non-hydrogen) atoms. The van der Waals surface area contributed by atoms with Crippen molar-refractivity contribution in [2.45, 2.75) is 52.6 Å². The van der Waals surface area contributed by atoms with Crippen LogP contribution in [-0.2, 0) is 4.74 Å². The van der Waals surface area contributed by atoms with E-state index in [1.54, 1.807) is 0 Å². The van der Waals surface area contributed by atoms with Crippen LogP contribution in [0.3, 0.4) is 0 Å². The highest BCUT2D eigenvalue weighted by Crippen LogP contribution is 2.30. The van der Waals surface area contributed by atoms with Gasteiger partial charge < -0.3 is 9.64 Å². The molecule has 1 rings (SSSR count). The van der Waals surface area contributed by atoms with Gasteiger partial charge in [0.25, 0.3) is 0 Å². The van der Waals surface area contributed by atoms with Crippen molar-refractivity contribution in [3.63, 3.8) is 0 Å². The summed E-state index contributed by atoms with van der Waals surface area (Å²) in [6.07, 6.45) is 5.37. The summed E-state index contributed by atoms with van der Waals surface area (Å²) in [5.74, 6) is 1.01. The standard InChI is InChI=1S/C14H29NOS/c1-4-14(5-2,12-17)11-15-9-7-13(8-10-15)16-6-3/h13,17H,4-12H2,1-3H3. The number of thiol groups is 1. The Morgan fingerprint density at radius 1 is 1.18 bits per heavy atom. The summed E-state index contributed by atoms with van der Waals surface area (Å²) in [6.45, 7) is 11.1. The van der Waals surface area contributed by atoms with Crippen molar-refractivity contribution in [2.75, 3.05) is 32.0 Å². The molecule has 1 fully saturated rings. The van der Waals surface area contributed by atoms with Crippen LogP contribution in [0.5, 0.6) is 0 Å². The molecule has 0 aliphatic carbocycles. The second-order valence-corrected chi connectivity index (χ2v) is 5.61. The number of hydrogen-bond donors (Lipinski definition) is 1. The Morgan fingerprint density at radius 3 is 2.18 bits per heavy atom. The maximum absolute atomic E-state index is 5.70. The van der Waals surface area contributed by atoms with E-state index in [0.717, 1.165) is 12.4 Å². The van der Waals surface area contributed by atoms with Crippen LogP contribution >= 0.6 is 12.6 Å². The molecule has 3 heteroatoms. The Hall–Kier alpha value is 0.270. The number of nitrogens with zero attached hydrogens (tertiary/aromatic N) is 1. The van der Waals surface area contributed by atoms with Crippen molar-refractivity contribution >= 4 is 12.6 Å². The van der Waals surface area contributed by atoms with E-state index in [9.17, 15) is 0 Å². The molecule has 0 aromatic heterocycles. The number of hydrogen-bond acceptors (Lipinski definition) is 3. The number of rotatable bonds is 7. The maximum Gasteiger partial charge on any atom is 0.0599 e. The first-order valence-corrected chi connectivity index (χ1v) is 7.77. The third-order valence-electron chi connectivity index (χ3n) is 4.33. The monoisotopic (exact) mass is 259 g/mol. The lowest BCUT2D eigenvalue weighted by Crippen LogP contribution is -2.44. The zero-order valence-corrected chi connectivity index (χ0v) is 12.6. The van der Waals surface area contributed by atoms with Gasteiger partial charge in [0, 0.05) is 26.2 Å². The van der Waals surface area contributed by atoms with Crippen LogP contribution in [0.15, 0.2) is 0 Å². The molecule has 0 aromatic rings. The van der Waals surface area contributed by atoms with Crippen molar-refractivity contribution in [2.24, 2.45) is 5.41 Å². The molecule has 0 bridgehead atoms. The summed E-state index contributed by atoms with van der Waals surface area (Å²) in [7, 11) is 0. The van der Waals surface area contributed by atoms with Crippen LogP contribution in [-0.4, -0.2) is 43.0 Å². The first-order valence-electron chi connectivity index (χ1n) is 7.14. The van der Waals surface area contributed by atoms with Gasteiger partial charge in [0.2, 0.25) is 0 Å². The molecule has 0 N–H and O–H groups in total. The van der Waals surface area contributed by atoms with Gasteiger partial charge in [0.15, 0.2) is 0 Å². The molecule has 1 aliphatic rings. The van der Waals surface area contributed by atoms with Crippen LogP contribution in [0, 0.1) is 5.41 Å². The molecule has 0 spiro atoms. The second kappa shape index (κ2) is 7.65. The second-order valence-electron chi connectivity index (χ2n) is 5.30. The minimum absolute atomic E-state index is 0.418. The smallest absolute Gasteiger partial charge is 0.0599 e. The van der Waals surface area contributed by atoms with Gasteiger partial charge in [-0.25, -0.2) is 0 Å². The number of ether oxygens (including phenoxy) is 1. The fraction of sp³-hybridized carbons (Fsp3) is 1.00. The van der Waals surface area contributed by atoms with Gasteiger partial charge in [-0.1, -0.05) is 13.8 Å². The molecule has 0 atom stereocenters. The lowest BCUT2D eigenvalue weighted by molar-refractivity contribution is 0.00497. The first-order chi connectivity index (χ1) is 8.19. The van der Waals surface area contributed by atoms with Crippen molar-refractivity contribution in [1.82, 2.24) is 4.90 Å². The lowest BCUT2D eigenvalue weighted by Gasteiger charge is -2.39. The largest absolute Gasteiger partial charge is 0.378 e. The molecule has 102 valence electrons. The van der Waals surface area contributed by atoms with E-state index in [4.69, 9.17) is 4.74 Å².